The number of nitrogens with one attached hydrogen (secondary N) is 1. The predicted octanol–water partition coefficient (Wildman–Crippen LogP) is 3.85. The van der Waals surface area contributed by atoms with Gasteiger partial charge < -0.3 is 19.7 Å². The topological polar surface area (TPSA) is 67.9 Å². The summed E-state index contributed by atoms with van der Waals surface area (Å²) in [7, 11) is 0. The van der Waals surface area contributed by atoms with Crippen molar-refractivity contribution in [3.63, 3.8) is 0 Å². The number of rotatable bonds is 7. The van der Waals surface area contributed by atoms with Crippen molar-refractivity contribution in [2.75, 3.05) is 36.5 Å². The van der Waals surface area contributed by atoms with Crippen molar-refractivity contribution >= 4 is 23.3 Å². The standard InChI is InChI=1S/C20H27F3N2O4/c1-13(2)4-7-18(26)29-14(3)19(27)24-16-12-15(20(21,22)23)5-6-17(16)25-8-10-28-11-9-25/h5-6,12-14H,4,7-11H2,1-3H3,(H,24,27). The highest BCUT2D eigenvalue weighted by molar-refractivity contribution is 5.98. The molecule has 1 aromatic rings. The lowest BCUT2D eigenvalue weighted by Gasteiger charge is -2.31. The molecule has 0 spiro atoms. The molecule has 1 N–H and O–H groups in total. The van der Waals surface area contributed by atoms with Crippen LogP contribution in [-0.4, -0.2) is 44.3 Å². The van der Waals surface area contributed by atoms with E-state index in [2.05, 4.69) is 5.32 Å². The number of esters is 1. The minimum atomic E-state index is -4.54. The Bertz CT molecular complexity index is 716. The van der Waals surface area contributed by atoms with Crippen LogP contribution in [0.4, 0.5) is 24.5 Å². The summed E-state index contributed by atoms with van der Waals surface area (Å²) >= 11 is 0. The Morgan fingerprint density at radius 1 is 1.21 bits per heavy atom. The van der Waals surface area contributed by atoms with Gasteiger partial charge in [-0.3, -0.25) is 9.59 Å². The van der Waals surface area contributed by atoms with Crippen molar-refractivity contribution in [2.24, 2.45) is 5.92 Å². The van der Waals surface area contributed by atoms with Crippen molar-refractivity contribution < 1.29 is 32.2 Å². The van der Waals surface area contributed by atoms with Gasteiger partial charge in [0.15, 0.2) is 6.10 Å². The van der Waals surface area contributed by atoms with Crippen LogP contribution in [0.15, 0.2) is 18.2 Å². The molecule has 1 fully saturated rings. The van der Waals surface area contributed by atoms with Crippen LogP contribution >= 0.6 is 0 Å². The van der Waals surface area contributed by atoms with Crippen molar-refractivity contribution in [3.8, 4) is 0 Å². The van der Waals surface area contributed by atoms with E-state index in [1.807, 2.05) is 18.7 Å². The third kappa shape index (κ3) is 6.92. The Balaban J connectivity index is 2.15. The quantitative estimate of drug-likeness (QED) is 0.684. The summed E-state index contributed by atoms with van der Waals surface area (Å²) in [5.74, 6) is -0.886. The van der Waals surface area contributed by atoms with Crippen LogP contribution in [-0.2, 0) is 25.2 Å². The van der Waals surface area contributed by atoms with E-state index >= 15 is 0 Å². The number of benzene rings is 1. The number of hydrogen-bond acceptors (Lipinski definition) is 5. The predicted molar refractivity (Wildman–Crippen MR) is 103 cm³/mol. The smallest absolute Gasteiger partial charge is 0.416 e. The second-order valence-electron chi connectivity index (χ2n) is 7.38. The molecule has 1 amide bonds. The van der Waals surface area contributed by atoms with Crippen LogP contribution < -0.4 is 10.2 Å². The van der Waals surface area contributed by atoms with Crippen LogP contribution in [0.3, 0.4) is 0 Å². The maximum atomic E-state index is 13.1. The zero-order chi connectivity index (χ0) is 21.6. The molecular formula is C20H27F3N2O4. The van der Waals surface area contributed by atoms with Crippen LogP contribution in [0.5, 0.6) is 0 Å². The SMILES string of the molecule is CC(C)CCC(=O)OC(C)C(=O)Nc1cc(C(F)(F)F)ccc1N1CCOCC1. The molecule has 1 atom stereocenters. The Kier molecular flexibility index (Phi) is 7.89. The van der Waals surface area contributed by atoms with E-state index in [1.54, 1.807) is 0 Å². The number of ether oxygens (including phenoxy) is 2. The molecule has 0 aromatic heterocycles. The highest BCUT2D eigenvalue weighted by Gasteiger charge is 2.32. The lowest BCUT2D eigenvalue weighted by atomic mass is 10.1. The number of halogens is 3. The molecule has 0 saturated carbocycles. The van der Waals surface area contributed by atoms with Crippen molar-refractivity contribution in [1.82, 2.24) is 0 Å². The van der Waals surface area contributed by atoms with E-state index in [9.17, 15) is 22.8 Å². The number of amides is 1. The summed E-state index contributed by atoms with van der Waals surface area (Å²) in [5, 5.41) is 2.49. The van der Waals surface area contributed by atoms with Gasteiger partial charge in [-0.05, 0) is 37.5 Å². The molecule has 1 heterocycles. The molecule has 1 aromatic carbocycles. The summed E-state index contributed by atoms with van der Waals surface area (Å²) in [5.41, 5.74) is -0.379. The minimum absolute atomic E-state index is 0.0248. The molecule has 162 valence electrons. The van der Waals surface area contributed by atoms with Crippen LogP contribution in [0.2, 0.25) is 0 Å². The summed E-state index contributed by atoms with van der Waals surface area (Å²) in [6.07, 6.45) is -4.86. The second-order valence-corrected chi connectivity index (χ2v) is 7.38. The first kappa shape index (κ1) is 23.0. The van der Waals surface area contributed by atoms with Gasteiger partial charge in [-0.2, -0.15) is 13.2 Å². The molecule has 1 saturated heterocycles. The molecule has 0 aliphatic carbocycles. The highest BCUT2D eigenvalue weighted by atomic mass is 19.4. The maximum absolute atomic E-state index is 13.1. The number of alkyl halides is 3. The lowest BCUT2D eigenvalue weighted by Crippen LogP contribution is -2.37. The molecule has 9 heteroatoms. The second kappa shape index (κ2) is 9.96. The van der Waals surface area contributed by atoms with Crippen molar-refractivity contribution in [3.05, 3.63) is 23.8 Å². The third-order valence-corrected chi connectivity index (χ3v) is 4.54. The maximum Gasteiger partial charge on any atom is 0.416 e. The average Bonchev–Trinajstić information content (AvgIpc) is 2.66. The fraction of sp³-hybridized carbons (Fsp3) is 0.600. The Hall–Kier alpha value is -2.29. The van der Waals surface area contributed by atoms with Crippen LogP contribution in [0, 0.1) is 5.92 Å². The fourth-order valence-corrected chi connectivity index (χ4v) is 2.84. The summed E-state index contributed by atoms with van der Waals surface area (Å²) in [6.45, 7) is 7.19. The van der Waals surface area contributed by atoms with Crippen molar-refractivity contribution in [2.45, 2.75) is 45.9 Å². The molecule has 0 radical (unpaired) electrons. The Labute approximate surface area is 168 Å². The van der Waals surface area contributed by atoms with E-state index in [-0.39, 0.29) is 12.1 Å². The first-order valence-electron chi connectivity index (χ1n) is 9.62. The molecule has 1 unspecified atom stereocenters. The van der Waals surface area contributed by atoms with Gasteiger partial charge in [0.1, 0.15) is 0 Å². The third-order valence-electron chi connectivity index (χ3n) is 4.54. The van der Waals surface area contributed by atoms with Gasteiger partial charge in [0.2, 0.25) is 0 Å². The molecule has 29 heavy (non-hydrogen) atoms. The summed E-state index contributed by atoms with van der Waals surface area (Å²) in [4.78, 5) is 26.2. The van der Waals surface area contributed by atoms with Crippen molar-refractivity contribution in [1.29, 1.82) is 0 Å². The van der Waals surface area contributed by atoms with Gasteiger partial charge in [0.25, 0.3) is 5.91 Å². The van der Waals surface area contributed by atoms with Gasteiger partial charge in [0, 0.05) is 19.5 Å². The van der Waals surface area contributed by atoms with E-state index in [4.69, 9.17) is 9.47 Å². The van der Waals surface area contributed by atoms with E-state index in [0.29, 0.717) is 44.3 Å². The van der Waals surface area contributed by atoms with Crippen LogP contribution in [0.25, 0.3) is 0 Å². The normalized spacial score (nSPS) is 15.9. The van der Waals surface area contributed by atoms with Gasteiger partial charge in [-0.25, -0.2) is 0 Å². The van der Waals surface area contributed by atoms with E-state index in [1.165, 1.54) is 13.0 Å². The number of carbonyl (C=O) groups is 2. The van der Waals surface area contributed by atoms with Gasteiger partial charge in [0.05, 0.1) is 30.2 Å². The monoisotopic (exact) mass is 416 g/mol. The molecule has 2 rings (SSSR count). The van der Waals surface area contributed by atoms with Crippen LogP contribution in [0.1, 0.15) is 39.2 Å². The number of morpholine rings is 1. The molecule has 6 nitrogen and oxygen atoms in total. The molecule has 1 aliphatic heterocycles. The van der Waals surface area contributed by atoms with Gasteiger partial charge in [-0.1, -0.05) is 13.8 Å². The highest BCUT2D eigenvalue weighted by Crippen LogP contribution is 2.35. The Morgan fingerprint density at radius 3 is 2.45 bits per heavy atom. The van der Waals surface area contributed by atoms with Gasteiger partial charge >= 0.3 is 12.1 Å². The molecule has 0 bridgehead atoms. The first-order valence-corrected chi connectivity index (χ1v) is 9.62. The number of anilines is 2. The fourth-order valence-electron chi connectivity index (χ4n) is 2.84. The Morgan fingerprint density at radius 2 is 1.86 bits per heavy atom. The molecule has 1 aliphatic rings. The largest absolute Gasteiger partial charge is 0.453 e. The number of nitrogens with zero attached hydrogens (tertiary/aromatic N) is 1. The average molecular weight is 416 g/mol. The summed E-state index contributed by atoms with van der Waals surface area (Å²) < 4.78 is 49.8. The first-order chi connectivity index (χ1) is 13.6. The number of carbonyl (C=O) groups excluding carboxylic acids is 2. The van der Waals surface area contributed by atoms with Gasteiger partial charge in [-0.15, -0.1) is 0 Å². The van der Waals surface area contributed by atoms with E-state index in [0.717, 1.165) is 12.1 Å². The zero-order valence-corrected chi connectivity index (χ0v) is 16.8. The van der Waals surface area contributed by atoms with E-state index < -0.39 is 29.7 Å². The lowest BCUT2D eigenvalue weighted by molar-refractivity contribution is -0.153. The number of hydrogen-bond donors (Lipinski definition) is 1. The zero-order valence-electron chi connectivity index (χ0n) is 16.8. The molecular weight excluding hydrogens is 389 g/mol. The summed E-state index contributed by atoms with van der Waals surface area (Å²) in [6, 6.07) is 3.22. The minimum Gasteiger partial charge on any atom is -0.453 e.